The van der Waals surface area contributed by atoms with Gasteiger partial charge in [-0.05, 0) is 48.5 Å². The standard InChI is InChI=1S/C22H14F2N2O2/c1-27-13-4-6-19-15(8-13)16-9-14(28-2)10-18-21(16)26(19)20-5-3-12(11-25)7-17(20)22(18,23)24/h3-10H,1-2H3. The monoisotopic (exact) mass is 376 g/mol. The Kier molecular flexibility index (Phi) is 3.23. The Morgan fingerprint density at radius 2 is 1.64 bits per heavy atom. The van der Waals surface area contributed by atoms with Gasteiger partial charge in [0, 0.05) is 10.8 Å². The van der Waals surface area contributed by atoms with Gasteiger partial charge in [-0.1, -0.05) is 0 Å². The third-order valence-electron chi connectivity index (χ3n) is 5.32. The molecular formula is C22H14F2N2O2. The van der Waals surface area contributed by atoms with Crippen LogP contribution in [0, 0.1) is 11.3 Å². The molecule has 6 heteroatoms. The number of aromatic nitrogens is 1. The number of hydrogen-bond acceptors (Lipinski definition) is 3. The number of hydrogen-bond donors (Lipinski definition) is 0. The molecule has 4 aromatic rings. The molecule has 138 valence electrons. The van der Waals surface area contributed by atoms with E-state index in [4.69, 9.17) is 9.47 Å². The molecule has 0 spiro atoms. The van der Waals surface area contributed by atoms with E-state index in [0.717, 1.165) is 10.9 Å². The lowest BCUT2D eigenvalue weighted by atomic mass is 9.92. The first kappa shape index (κ1) is 16.6. The topological polar surface area (TPSA) is 47.2 Å². The van der Waals surface area contributed by atoms with E-state index in [9.17, 15) is 5.26 Å². The van der Waals surface area contributed by atoms with Gasteiger partial charge < -0.3 is 14.0 Å². The summed E-state index contributed by atoms with van der Waals surface area (Å²) in [5.74, 6) is -2.27. The summed E-state index contributed by atoms with van der Waals surface area (Å²) in [7, 11) is 3.02. The third-order valence-corrected chi connectivity index (χ3v) is 5.32. The van der Waals surface area contributed by atoms with Crippen molar-refractivity contribution in [2.24, 2.45) is 0 Å². The van der Waals surface area contributed by atoms with Crippen LogP contribution < -0.4 is 9.47 Å². The van der Waals surface area contributed by atoms with E-state index in [-0.39, 0.29) is 16.7 Å². The van der Waals surface area contributed by atoms with Crippen LogP contribution in [0.25, 0.3) is 27.5 Å². The van der Waals surface area contributed by atoms with Gasteiger partial charge in [-0.3, -0.25) is 0 Å². The highest BCUT2D eigenvalue weighted by Crippen LogP contribution is 2.51. The molecule has 0 aliphatic carbocycles. The Labute approximate surface area is 159 Å². The lowest BCUT2D eigenvalue weighted by Gasteiger charge is -2.28. The second-order valence-corrected chi connectivity index (χ2v) is 6.71. The molecule has 1 aromatic heterocycles. The quantitative estimate of drug-likeness (QED) is 0.487. The molecule has 0 bridgehead atoms. The van der Waals surface area contributed by atoms with Gasteiger partial charge in [-0.2, -0.15) is 14.0 Å². The lowest BCUT2D eigenvalue weighted by molar-refractivity contribution is 0.0424. The molecule has 0 unspecified atom stereocenters. The molecule has 0 amide bonds. The minimum Gasteiger partial charge on any atom is -0.497 e. The Hall–Kier alpha value is -3.59. The van der Waals surface area contributed by atoms with Crippen molar-refractivity contribution in [1.82, 2.24) is 4.57 Å². The predicted octanol–water partition coefficient (Wildman–Crippen LogP) is 5.13. The van der Waals surface area contributed by atoms with Crippen LogP contribution in [0.1, 0.15) is 16.7 Å². The molecule has 0 saturated heterocycles. The number of halogens is 2. The third kappa shape index (κ3) is 1.96. The number of rotatable bonds is 2. The maximum absolute atomic E-state index is 15.6. The van der Waals surface area contributed by atoms with Crippen LogP contribution in [-0.2, 0) is 5.92 Å². The van der Waals surface area contributed by atoms with Gasteiger partial charge in [0.15, 0.2) is 0 Å². The van der Waals surface area contributed by atoms with E-state index in [0.29, 0.717) is 28.1 Å². The highest BCUT2D eigenvalue weighted by atomic mass is 19.3. The van der Waals surface area contributed by atoms with Crippen LogP contribution in [-0.4, -0.2) is 18.8 Å². The van der Waals surface area contributed by atoms with Gasteiger partial charge in [-0.15, -0.1) is 0 Å². The molecule has 0 fully saturated rings. The van der Waals surface area contributed by atoms with Gasteiger partial charge in [0.25, 0.3) is 0 Å². The molecule has 3 aromatic carbocycles. The summed E-state index contributed by atoms with van der Waals surface area (Å²) >= 11 is 0. The van der Waals surface area contributed by atoms with E-state index < -0.39 is 5.92 Å². The first-order chi connectivity index (χ1) is 13.5. The average molecular weight is 376 g/mol. The second-order valence-electron chi connectivity index (χ2n) is 6.71. The molecule has 2 heterocycles. The van der Waals surface area contributed by atoms with Crippen LogP contribution >= 0.6 is 0 Å². The number of nitrogens with zero attached hydrogens (tertiary/aromatic N) is 2. The minimum atomic E-state index is -3.26. The van der Waals surface area contributed by atoms with Gasteiger partial charge in [0.1, 0.15) is 11.5 Å². The fraction of sp³-hybridized carbons (Fsp3) is 0.136. The summed E-state index contributed by atoms with van der Waals surface area (Å²) in [6, 6.07) is 15.0. The molecule has 5 rings (SSSR count). The zero-order valence-corrected chi connectivity index (χ0v) is 15.1. The Morgan fingerprint density at radius 1 is 0.893 bits per heavy atom. The zero-order valence-electron chi connectivity index (χ0n) is 15.1. The van der Waals surface area contributed by atoms with Gasteiger partial charge in [0.2, 0.25) is 0 Å². The predicted molar refractivity (Wildman–Crippen MR) is 102 cm³/mol. The Morgan fingerprint density at radius 3 is 2.36 bits per heavy atom. The molecule has 0 N–H and O–H groups in total. The van der Waals surface area contributed by atoms with Crippen molar-refractivity contribution in [3.63, 3.8) is 0 Å². The first-order valence-electron chi connectivity index (χ1n) is 8.63. The summed E-state index contributed by atoms with van der Waals surface area (Å²) in [6.45, 7) is 0. The number of fused-ring (bicyclic) bond motifs is 5. The molecule has 0 atom stereocenters. The fourth-order valence-corrected chi connectivity index (χ4v) is 4.03. The van der Waals surface area contributed by atoms with Crippen molar-refractivity contribution in [2.45, 2.75) is 5.92 Å². The van der Waals surface area contributed by atoms with E-state index in [2.05, 4.69) is 0 Å². The van der Waals surface area contributed by atoms with Crippen LogP contribution in [0.3, 0.4) is 0 Å². The highest BCUT2D eigenvalue weighted by Gasteiger charge is 2.44. The average Bonchev–Trinajstić information content (AvgIpc) is 3.05. The van der Waals surface area contributed by atoms with Crippen LogP contribution in [0.5, 0.6) is 11.5 Å². The normalized spacial score (nSPS) is 14.0. The number of ether oxygens (including phenoxy) is 2. The molecule has 0 saturated carbocycles. The first-order valence-corrected chi connectivity index (χ1v) is 8.63. The van der Waals surface area contributed by atoms with Crippen LogP contribution in [0.2, 0.25) is 0 Å². The van der Waals surface area contributed by atoms with E-state index in [1.165, 1.54) is 19.2 Å². The molecular weight excluding hydrogens is 362 g/mol. The smallest absolute Gasteiger partial charge is 0.302 e. The van der Waals surface area contributed by atoms with Crippen molar-refractivity contribution in [2.75, 3.05) is 14.2 Å². The van der Waals surface area contributed by atoms with Crippen LogP contribution in [0.15, 0.2) is 48.5 Å². The van der Waals surface area contributed by atoms with Crippen molar-refractivity contribution >= 4 is 21.8 Å². The van der Waals surface area contributed by atoms with Gasteiger partial charge in [-0.25, -0.2) is 0 Å². The van der Waals surface area contributed by atoms with E-state index in [1.54, 1.807) is 31.4 Å². The molecule has 0 radical (unpaired) electrons. The SMILES string of the molecule is COc1ccc2c(c1)c1cc(OC)cc3c1n2-c1ccc(C#N)cc1C3(F)F. The number of methoxy groups -OCH3 is 2. The largest absolute Gasteiger partial charge is 0.497 e. The molecule has 4 nitrogen and oxygen atoms in total. The Bertz CT molecular complexity index is 1330. The van der Waals surface area contributed by atoms with Crippen molar-refractivity contribution in [1.29, 1.82) is 5.26 Å². The minimum absolute atomic E-state index is 0.139. The fourth-order valence-electron chi connectivity index (χ4n) is 4.03. The highest BCUT2D eigenvalue weighted by molar-refractivity contribution is 6.12. The number of nitriles is 1. The van der Waals surface area contributed by atoms with E-state index >= 15 is 8.78 Å². The lowest BCUT2D eigenvalue weighted by Crippen LogP contribution is -2.24. The maximum atomic E-state index is 15.6. The summed E-state index contributed by atoms with van der Waals surface area (Å²) < 4.78 is 43.6. The van der Waals surface area contributed by atoms with Crippen molar-refractivity contribution in [3.05, 3.63) is 65.2 Å². The summed E-state index contributed by atoms with van der Waals surface area (Å²) in [5.41, 5.74) is 1.45. The zero-order chi connectivity index (χ0) is 19.6. The maximum Gasteiger partial charge on any atom is 0.302 e. The van der Waals surface area contributed by atoms with Gasteiger partial charge >= 0.3 is 5.92 Å². The van der Waals surface area contributed by atoms with Crippen molar-refractivity contribution in [3.8, 4) is 23.3 Å². The van der Waals surface area contributed by atoms with Crippen LogP contribution in [0.4, 0.5) is 8.78 Å². The summed E-state index contributed by atoms with van der Waals surface area (Å²) in [5, 5.41) is 10.7. The Balaban J connectivity index is 2.04. The second kappa shape index (κ2) is 5.46. The van der Waals surface area contributed by atoms with Gasteiger partial charge in [0.05, 0.1) is 53.7 Å². The summed E-state index contributed by atoms with van der Waals surface area (Å²) in [6.07, 6.45) is 0. The van der Waals surface area contributed by atoms with Crippen molar-refractivity contribution < 1.29 is 18.3 Å². The molecule has 28 heavy (non-hydrogen) atoms. The molecule has 1 aliphatic rings. The number of alkyl halides is 2. The summed E-state index contributed by atoms with van der Waals surface area (Å²) in [4.78, 5) is 0. The van der Waals surface area contributed by atoms with E-state index in [1.807, 2.05) is 22.8 Å². The number of benzene rings is 3. The molecule has 1 aliphatic heterocycles.